The van der Waals surface area contributed by atoms with Crippen molar-refractivity contribution in [3.63, 3.8) is 0 Å². The third-order valence-electron chi connectivity index (χ3n) is 4.95. The molecule has 32 heavy (non-hydrogen) atoms. The SMILES string of the molecule is CCOc1cc(-c2cc(NCCc3cccc4cnccc34)ncn2)sc1-c1ncon1. The average Bonchev–Trinajstić information content (AvgIpc) is 3.50. The molecule has 0 fully saturated rings. The molecule has 0 bridgehead atoms. The molecule has 0 amide bonds. The van der Waals surface area contributed by atoms with Gasteiger partial charge in [-0.05, 0) is 30.4 Å². The first-order chi connectivity index (χ1) is 15.8. The zero-order chi connectivity index (χ0) is 21.8. The summed E-state index contributed by atoms with van der Waals surface area (Å²) in [6, 6.07) is 12.2. The van der Waals surface area contributed by atoms with Crippen LogP contribution in [-0.2, 0) is 6.42 Å². The highest BCUT2D eigenvalue weighted by atomic mass is 32.1. The van der Waals surface area contributed by atoms with Gasteiger partial charge in [0.05, 0.1) is 17.2 Å². The summed E-state index contributed by atoms with van der Waals surface area (Å²) in [4.78, 5) is 18.9. The fraction of sp³-hybridized carbons (Fsp3) is 0.174. The number of fused-ring (bicyclic) bond motifs is 1. The summed E-state index contributed by atoms with van der Waals surface area (Å²) in [6.45, 7) is 3.24. The number of pyridine rings is 1. The van der Waals surface area contributed by atoms with Gasteiger partial charge in [0, 0.05) is 36.5 Å². The van der Waals surface area contributed by atoms with Crippen LogP contribution in [0.1, 0.15) is 12.5 Å². The largest absolute Gasteiger partial charge is 0.492 e. The van der Waals surface area contributed by atoms with Crippen LogP contribution in [0.3, 0.4) is 0 Å². The van der Waals surface area contributed by atoms with Gasteiger partial charge in [-0.15, -0.1) is 11.3 Å². The first-order valence-electron chi connectivity index (χ1n) is 10.2. The number of ether oxygens (including phenoxy) is 1. The van der Waals surface area contributed by atoms with Gasteiger partial charge in [-0.2, -0.15) is 4.98 Å². The van der Waals surface area contributed by atoms with Crippen molar-refractivity contribution in [3.8, 4) is 27.0 Å². The molecule has 9 heteroatoms. The lowest BCUT2D eigenvalue weighted by molar-refractivity contribution is 0.342. The summed E-state index contributed by atoms with van der Waals surface area (Å²) in [6.07, 6.45) is 7.47. The molecule has 160 valence electrons. The van der Waals surface area contributed by atoms with E-state index in [-0.39, 0.29) is 0 Å². The van der Waals surface area contributed by atoms with E-state index in [1.54, 1.807) is 6.33 Å². The fourth-order valence-corrected chi connectivity index (χ4v) is 4.51. The fourth-order valence-electron chi connectivity index (χ4n) is 3.51. The normalized spacial score (nSPS) is 11.0. The third kappa shape index (κ3) is 4.15. The number of anilines is 1. The van der Waals surface area contributed by atoms with Gasteiger partial charge in [0.2, 0.25) is 12.2 Å². The Labute approximate surface area is 188 Å². The monoisotopic (exact) mass is 444 g/mol. The minimum atomic E-state index is 0.502. The maximum Gasteiger partial charge on any atom is 0.216 e. The molecule has 0 aliphatic heterocycles. The Balaban J connectivity index is 1.33. The molecular formula is C23H20N6O2S. The number of aromatic nitrogens is 5. The van der Waals surface area contributed by atoms with Crippen LogP contribution in [0.4, 0.5) is 5.82 Å². The number of nitrogens with one attached hydrogen (secondary N) is 1. The van der Waals surface area contributed by atoms with Crippen molar-refractivity contribution in [1.82, 2.24) is 25.1 Å². The first kappa shape index (κ1) is 20.1. The topological polar surface area (TPSA) is 98.8 Å². The molecule has 1 aromatic carbocycles. The Kier molecular flexibility index (Phi) is 5.71. The van der Waals surface area contributed by atoms with Crippen molar-refractivity contribution in [2.45, 2.75) is 13.3 Å². The maximum atomic E-state index is 5.77. The number of thiophene rings is 1. The van der Waals surface area contributed by atoms with Gasteiger partial charge in [-0.25, -0.2) is 9.97 Å². The number of nitrogens with zero attached hydrogens (tertiary/aromatic N) is 5. The Hall–Kier alpha value is -3.85. The van der Waals surface area contributed by atoms with Gasteiger partial charge in [-0.3, -0.25) is 4.98 Å². The van der Waals surface area contributed by atoms with Gasteiger partial charge in [0.1, 0.15) is 22.8 Å². The Bertz CT molecular complexity index is 1330. The van der Waals surface area contributed by atoms with Gasteiger partial charge < -0.3 is 14.6 Å². The van der Waals surface area contributed by atoms with E-state index in [2.05, 4.69) is 54.7 Å². The Morgan fingerprint density at radius 1 is 1.12 bits per heavy atom. The second-order valence-corrected chi connectivity index (χ2v) is 8.02. The third-order valence-corrected chi connectivity index (χ3v) is 6.09. The van der Waals surface area contributed by atoms with Gasteiger partial charge in [0.15, 0.2) is 0 Å². The van der Waals surface area contributed by atoms with Gasteiger partial charge in [-0.1, -0.05) is 23.4 Å². The number of rotatable bonds is 8. The summed E-state index contributed by atoms with van der Waals surface area (Å²) >= 11 is 1.51. The molecule has 0 atom stereocenters. The zero-order valence-corrected chi connectivity index (χ0v) is 18.2. The predicted molar refractivity (Wildman–Crippen MR) is 124 cm³/mol. The highest BCUT2D eigenvalue weighted by molar-refractivity contribution is 7.19. The lowest BCUT2D eigenvalue weighted by atomic mass is 10.0. The molecule has 0 saturated heterocycles. The van der Waals surface area contributed by atoms with E-state index in [1.807, 2.05) is 31.5 Å². The quantitative estimate of drug-likeness (QED) is 0.362. The number of hydrogen-bond donors (Lipinski definition) is 1. The minimum absolute atomic E-state index is 0.502. The van der Waals surface area contributed by atoms with Crippen molar-refractivity contribution in [3.05, 3.63) is 67.1 Å². The molecular weight excluding hydrogens is 424 g/mol. The molecule has 0 spiro atoms. The maximum absolute atomic E-state index is 5.77. The smallest absolute Gasteiger partial charge is 0.216 e. The molecule has 5 aromatic rings. The van der Waals surface area contributed by atoms with Crippen LogP contribution in [0.15, 0.2) is 66.0 Å². The highest BCUT2D eigenvalue weighted by Gasteiger charge is 2.18. The minimum Gasteiger partial charge on any atom is -0.492 e. The molecule has 0 unspecified atom stereocenters. The molecule has 4 heterocycles. The van der Waals surface area contributed by atoms with E-state index in [9.17, 15) is 0 Å². The molecule has 0 aliphatic rings. The molecule has 0 radical (unpaired) electrons. The van der Waals surface area contributed by atoms with Gasteiger partial charge >= 0.3 is 0 Å². The summed E-state index contributed by atoms with van der Waals surface area (Å²) in [7, 11) is 0. The van der Waals surface area contributed by atoms with Gasteiger partial charge in [0.25, 0.3) is 0 Å². The summed E-state index contributed by atoms with van der Waals surface area (Å²) in [5.74, 6) is 1.99. The van der Waals surface area contributed by atoms with E-state index < -0.39 is 0 Å². The van der Waals surface area contributed by atoms with E-state index in [0.29, 0.717) is 18.2 Å². The van der Waals surface area contributed by atoms with Crippen LogP contribution in [0.5, 0.6) is 5.75 Å². The van der Waals surface area contributed by atoms with Crippen molar-refractivity contribution >= 4 is 27.9 Å². The number of benzene rings is 1. The van der Waals surface area contributed by atoms with Crippen molar-refractivity contribution < 1.29 is 9.26 Å². The molecule has 1 N–H and O–H groups in total. The molecule has 4 aromatic heterocycles. The van der Waals surface area contributed by atoms with Crippen LogP contribution < -0.4 is 10.1 Å². The average molecular weight is 445 g/mol. The predicted octanol–water partition coefficient (Wildman–Crippen LogP) is 4.86. The molecule has 0 aliphatic carbocycles. The van der Waals surface area contributed by atoms with E-state index in [0.717, 1.165) is 39.6 Å². The van der Waals surface area contributed by atoms with Crippen molar-refractivity contribution in [1.29, 1.82) is 0 Å². The van der Waals surface area contributed by atoms with E-state index >= 15 is 0 Å². The zero-order valence-electron chi connectivity index (χ0n) is 17.4. The lowest BCUT2D eigenvalue weighted by Crippen LogP contribution is -2.07. The van der Waals surface area contributed by atoms with Crippen LogP contribution in [0.2, 0.25) is 0 Å². The van der Waals surface area contributed by atoms with Crippen molar-refractivity contribution in [2.24, 2.45) is 0 Å². The van der Waals surface area contributed by atoms with Crippen LogP contribution in [0.25, 0.3) is 32.0 Å². The highest BCUT2D eigenvalue weighted by Crippen LogP contribution is 2.41. The Morgan fingerprint density at radius 3 is 2.97 bits per heavy atom. The number of hydrogen-bond acceptors (Lipinski definition) is 9. The van der Waals surface area contributed by atoms with Crippen molar-refractivity contribution in [2.75, 3.05) is 18.5 Å². The Morgan fingerprint density at radius 2 is 2.09 bits per heavy atom. The second kappa shape index (κ2) is 9.11. The van der Waals surface area contributed by atoms with Crippen LogP contribution in [0, 0.1) is 0 Å². The lowest BCUT2D eigenvalue weighted by Gasteiger charge is -2.08. The standard InChI is InChI=1S/C23H20N6O2S/c1-2-30-19-11-20(32-22(19)23-28-14-31-29-23)18-10-21(27-13-26-18)25-9-6-15-4-3-5-16-12-24-8-7-17(15)16/h3-5,7-8,10-14H,2,6,9H2,1H3,(H,25,26,27). The second-order valence-electron chi connectivity index (χ2n) is 6.97. The molecule has 0 saturated carbocycles. The summed E-state index contributed by atoms with van der Waals surface area (Å²) in [5.41, 5.74) is 2.08. The molecule has 8 nitrogen and oxygen atoms in total. The van der Waals surface area contributed by atoms with Crippen LogP contribution >= 0.6 is 11.3 Å². The summed E-state index contributed by atoms with van der Waals surface area (Å²) in [5, 5.41) is 9.72. The van der Waals surface area contributed by atoms with E-state index in [4.69, 9.17) is 9.26 Å². The summed E-state index contributed by atoms with van der Waals surface area (Å²) < 4.78 is 10.7. The van der Waals surface area contributed by atoms with E-state index in [1.165, 1.54) is 28.7 Å². The van der Waals surface area contributed by atoms with Crippen LogP contribution in [-0.4, -0.2) is 38.2 Å². The molecule has 5 rings (SSSR count). The first-order valence-corrected chi connectivity index (χ1v) is 11.0.